The minimum absolute atomic E-state index is 0.184. The number of rotatable bonds is 7. The average Bonchev–Trinajstić information content (AvgIpc) is 3.05. The molecule has 2 amide bonds. The monoisotopic (exact) mass is 571 g/mol. The molecule has 32 heavy (non-hydrogen) atoms. The number of methoxy groups -OCH3 is 2. The average molecular weight is 571 g/mol. The van der Waals surface area contributed by atoms with E-state index in [1.807, 2.05) is 0 Å². The summed E-state index contributed by atoms with van der Waals surface area (Å²) in [5.41, 5.74) is 1.42. The van der Waals surface area contributed by atoms with E-state index < -0.39 is 23.2 Å². The fourth-order valence-corrected chi connectivity index (χ4v) is 4.63. The summed E-state index contributed by atoms with van der Waals surface area (Å²) in [4.78, 5) is 37.8. The standard InChI is InChI=1S/C22H19FINO6S/c1-12(21(27)30-3)25-20(26)18(32-22(25)28)10-14-8-16(24)19(17(9-14)29-2)31-11-13-4-6-15(23)7-5-13/h4-10,12H,11H2,1-3H3/b18-10+/t12-/m1/s1. The van der Waals surface area contributed by atoms with Crippen LogP contribution in [0.15, 0.2) is 41.3 Å². The fraction of sp³-hybridized carbons (Fsp3) is 0.227. The van der Waals surface area contributed by atoms with Gasteiger partial charge in [-0.05, 0) is 82.7 Å². The van der Waals surface area contributed by atoms with Crippen molar-refractivity contribution in [1.82, 2.24) is 4.90 Å². The van der Waals surface area contributed by atoms with Gasteiger partial charge in [0, 0.05) is 0 Å². The number of hydrogen-bond donors (Lipinski definition) is 0. The molecule has 1 fully saturated rings. The molecular weight excluding hydrogens is 552 g/mol. The molecule has 0 unspecified atom stereocenters. The first-order chi connectivity index (χ1) is 15.2. The van der Waals surface area contributed by atoms with Crippen LogP contribution in [0.2, 0.25) is 0 Å². The Balaban J connectivity index is 1.83. The van der Waals surface area contributed by atoms with Gasteiger partial charge in [-0.3, -0.25) is 14.5 Å². The lowest BCUT2D eigenvalue weighted by Crippen LogP contribution is -2.42. The predicted molar refractivity (Wildman–Crippen MR) is 126 cm³/mol. The van der Waals surface area contributed by atoms with Crippen molar-refractivity contribution in [2.45, 2.75) is 19.6 Å². The van der Waals surface area contributed by atoms with E-state index in [2.05, 4.69) is 27.3 Å². The molecule has 0 radical (unpaired) electrons. The van der Waals surface area contributed by atoms with E-state index in [1.54, 1.807) is 30.3 Å². The number of benzene rings is 2. The molecule has 2 aromatic carbocycles. The third kappa shape index (κ3) is 5.23. The summed E-state index contributed by atoms with van der Waals surface area (Å²) in [7, 11) is 2.69. The van der Waals surface area contributed by atoms with Gasteiger partial charge in [0.25, 0.3) is 11.1 Å². The number of esters is 1. The van der Waals surface area contributed by atoms with Gasteiger partial charge < -0.3 is 14.2 Å². The van der Waals surface area contributed by atoms with Crippen molar-refractivity contribution < 1.29 is 33.0 Å². The van der Waals surface area contributed by atoms with E-state index in [0.717, 1.165) is 25.8 Å². The van der Waals surface area contributed by atoms with Gasteiger partial charge in [0.1, 0.15) is 18.5 Å². The highest BCUT2D eigenvalue weighted by Gasteiger charge is 2.41. The van der Waals surface area contributed by atoms with Crippen molar-refractivity contribution in [2.75, 3.05) is 14.2 Å². The van der Waals surface area contributed by atoms with E-state index in [1.165, 1.54) is 33.3 Å². The Kier molecular flexibility index (Phi) is 7.77. The number of carbonyl (C=O) groups is 3. The second kappa shape index (κ2) is 10.3. The highest BCUT2D eigenvalue weighted by atomic mass is 127. The SMILES string of the molecule is COC(=O)[C@@H](C)N1C(=O)S/C(=C/c2cc(I)c(OCc3ccc(F)cc3)c(OC)c2)C1=O. The zero-order chi connectivity index (χ0) is 23.4. The minimum Gasteiger partial charge on any atom is -0.493 e. The number of thioether (sulfide) groups is 1. The van der Waals surface area contributed by atoms with Crippen LogP contribution < -0.4 is 9.47 Å². The molecule has 1 heterocycles. The maximum atomic E-state index is 13.1. The lowest BCUT2D eigenvalue weighted by Gasteiger charge is -2.18. The third-order valence-electron chi connectivity index (χ3n) is 4.60. The Labute approximate surface area is 202 Å². The second-order valence-electron chi connectivity index (χ2n) is 6.70. The Hall–Kier alpha value is -2.60. The molecule has 2 aromatic rings. The van der Waals surface area contributed by atoms with Crippen LogP contribution in [-0.2, 0) is 20.9 Å². The van der Waals surface area contributed by atoms with E-state index in [0.29, 0.717) is 17.1 Å². The summed E-state index contributed by atoms with van der Waals surface area (Å²) >= 11 is 2.83. The van der Waals surface area contributed by atoms with Crippen LogP contribution >= 0.6 is 34.4 Å². The van der Waals surface area contributed by atoms with Crippen LogP contribution in [0.4, 0.5) is 9.18 Å². The smallest absolute Gasteiger partial charge is 0.328 e. The van der Waals surface area contributed by atoms with Crippen molar-refractivity contribution in [3.05, 3.63) is 61.8 Å². The minimum atomic E-state index is -1.02. The number of imide groups is 1. The molecule has 1 atom stereocenters. The van der Waals surface area contributed by atoms with Gasteiger partial charge in [-0.1, -0.05) is 12.1 Å². The van der Waals surface area contributed by atoms with Crippen LogP contribution in [0.25, 0.3) is 6.08 Å². The normalized spacial score (nSPS) is 15.8. The van der Waals surface area contributed by atoms with E-state index in [-0.39, 0.29) is 17.3 Å². The van der Waals surface area contributed by atoms with Crippen molar-refractivity contribution >= 4 is 57.5 Å². The number of nitrogens with zero attached hydrogens (tertiary/aromatic N) is 1. The van der Waals surface area contributed by atoms with Gasteiger partial charge in [-0.25, -0.2) is 9.18 Å². The summed E-state index contributed by atoms with van der Waals surface area (Å²) in [6.07, 6.45) is 1.56. The molecule has 10 heteroatoms. The van der Waals surface area contributed by atoms with Crippen LogP contribution in [0.1, 0.15) is 18.1 Å². The van der Waals surface area contributed by atoms with Crippen molar-refractivity contribution in [3.63, 3.8) is 0 Å². The van der Waals surface area contributed by atoms with Crippen LogP contribution in [0, 0.1) is 9.39 Å². The largest absolute Gasteiger partial charge is 0.493 e. The molecule has 1 saturated heterocycles. The van der Waals surface area contributed by atoms with Crippen LogP contribution in [0.3, 0.4) is 0 Å². The zero-order valence-electron chi connectivity index (χ0n) is 17.4. The summed E-state index contributed by atoms with van der Waals surface area (Å²) in [6, 6.07) is 8.43. The molecule has 3 rings (SSSR count). The van der Waals surface area contributed by atoms with E-state index >= 15 is 0 Å². The lowest BCUT2D eigenvalue weighted by molar-refractivity contribution is -0.148. The molecule has 0 N–H and O–H groups in total. The maximum Gasteiger partial charge on any atom is 0.328 e. The topological polar surface area (TPSA) is 82.1 Å². The first-order valence-electron chi connectivity index (χ1n) is 9.34. The molecule has 0 aliphatic carbocycles. The molecule has 0 bridgehead atoms. The van der Waals surface area contributed by atoms with Gasteiger partial charge >= 0.3 is 5.97 Å². The summed E-state index contributed by atoms with van der Waals surface area (Å²) in [6.45, 7) is 1.65. The van der Waals surface area contributed by atoms with Gasteiger partial charge in [0.05, 0.1) is 22.7 Å². The maximum absolute atomic E-state index is 13.1. The molecular formula is C22H19FINO6S. The molecule has 1 aliphatic rings. The highest BCUT2D eigenvalue weighted by molar-refractivity contribution is 14.1. The third-order valence-corrected chi connectivity index (χ3v) is 6.28. The fourth-order valence-electron chi connectivity index (χ4n) is 2.94. The van der Waals surface area contributed by atoms with Crippen LogP contribution in [0.5, 0.6) is 11.5 Å². The molecule has 168 valence electrons. The van der Waals surface area contributed by atoms with E-state index in [9.17, 15) is 18.8 Å². The van der Waals surface area contributed by atoms with Crippen molar-refractivity contribution in [1.29, 1.82) is 0 Å². The second-order valence-corrected chi connectivity index (χ2v) is 8.86. The first-order valence-corrected chi connectivity index (χ1v) is 11.2. The quantitative estimate of drug-likeness (QED) is 0.273. The Morgan fingerprint density at radius 2 is 1.91 bits per heavy atom. The van der Waals surface area contributed by atoms with E-state index in [4.69, 9.17) is 9.47 Å². The summed E-state index contributed by atoms with van der Waals surface area (Å²) in [5, 5.41) is -0.542. The predicted octanol–water partition coefficient (Wildman–Crippen LogP) is 4.62. The van der Waals surface area contributed by atoms with Crippen molar-refractivity contribution in [3.8, 4) is 11.5 Å². The van der Waals surface area contributed by atoms with Gasteiger partial charge in [-0.15, -0.1) is 0 Å². The Morgan fingerprint density at radius 3 is 2.53 bits per heavy atom. The summed E-state index contributed by atoms with van der Waals surface area (Å²) in [5.74, 6) is -0.624. The zero-order valence-corrected chi connectivity index (χ0v) is 20.4. The summed E-state index contributed by atoms with van der Waals surface area (Å²) < 4.78 is 29.7. The molecule has 1 aliphatic heterocycles. The number of ether oxygens (including phenoxy) is 3. The molecule has 0 aromatic heterocycles. The Morgan fingerprint density at radius 1 is 1.22 bits per heavy atom. The number of halogens is 2. The van der Waals surface area contributed by atoms with Gasteiger partial charge in [0.15, 0.2) is 11.5 Å². The lowest BCUT2D eigenvalue weighted by atomic mass is 10.1. The van der Waals surface area contributed by atoms with Gasteiger partial charge in [-0.2, -0.15) is 0 Å². The number of hydrogen-bond acceptors (Lipinski definition) is 7. The highest BCUT2D eigenvalue weighted by Crippen LogP contribution is 2.38. The Bertz CT molecular complexity index is 1090. The van der Waals surface area contributed by atoms with Gasteiger partial charge in [0.2, 0.25) is 0 Å². The first kappa shape index (κ1) is 24.1. The molecule has 0 spiro atoms. The molecule has 7 nitrogen and oxygen atoms in total. The number of amides is 2. The molecule has 0 saturated carbocycles. The number of carbonyl (C=O) groups excluding carboxylic acids is 3. The van der Waals surface area contributed by atoms with Crippen LogP contribution in [-0.4, -0.2) is 42.3 Å². The van der Waals surface area contributed by atoms with Crippen molar-refractivity contribution in [2.24, 2.45) is 0 Å².